The average Bonchev–Trinajstić information content (AvgIpc) is 2.45. The van der Waals surface area contributed by atoms with Crippen LogP contribution in [0.5, 0.6) is 5.75 Å². The Bertz CT molecular complexity index is 449. The molecule has 0 saturated carbocycles. The fourth-order valence-electron chi connectivity index (χ4n) is 2.17. The first-order valence-electron chi connectivity index (χ1n) is 6.77. The van der Waals surface area contributed by atoms with Crippen LogP contribution in [-0.2, 0) is 14.3 Å². The zero-order valence-corrected chi connectivity index (χ0v) is 12.0. The summed E-state index contributed by atoms with van der Waals surface area (Å²) in [7, 11) is 1.40. The topological polar surface area (TPSA) is 48.0 Å². The molecule has 5 nitrogen and oxygen atoms in total. The fourth-order valence-corrected chi connectivity index (χ4v) is 2.17. The number of carbonyl (C=O) groups excluding carboxylic acids is 1. The number of rotatable bonds is 5. The maximum Gasteiger partial charge on any atom is 0.319 e. The summed E-state index contributed by atoms with van der Waals surface area (Å²) in [6.45, 7) is 4.86. The molecule has 110 valence electrons. The molecule has 0 spiro atoms. The summed E-state index contributed by atoms with van der Waals surface area (Å²) in [4.78, 5) is 13.3. The van der Waals surface area contributed by atoms with Gasteiger partial charge in [-0.2, -0.15) is 0 Å². The number of ether oxygens (including phenoxy) is 3. The third kappa shape index (κ3) is 4.51. The van der Waals surface area contributed by atoms with Gasteiger partial charge in [-0.3, -0.25) is 9.69 Å². The Morgan fingerprint density at radius 2 is 2.35 bits per heavy atom. The molecule has 1 aromatic carbocycles. The molecule has 5 heteroatoms. The van der Waals surface area contributed by atoms with Gasteiger partial charge in [-0.1, -0.05) is 12.1 Å². The molecule has 1 aliphatic heterocycles. The van der Waals surface area contributed by atoms with E-state index in [0.29, 0.717) is 26.3 Å². The predicted molar refractivity (Wildman–Crippen MR) is 74.9 cm³/mol. The maximum absolute atomic E-state index is 11.3. The molecule has 0 radical (unpaired) electrons. The first kappa shape index (κ1) is 14.8. The Morgan fingerprint density at radius 3 is 3.10 bits per heavy atom. The van der Waals surface area contributed by atoms with Crippen molar-refractivity contribution in [3.8, 4) is 5.75 Å². The zero-order valence-electron chi connectivity index (χ0n) is 12.0. The quantitative estimate of drug-likeness (QED) is 0.759. The molecule has 0 amide bonds. The number of morpholine rings is 1. The number of carbonyl (C=O) groups is 1. The van der Waals surface area contributed by atoms with E-state index in [4.69, 9.17) is 9.47 Å². The number of benzene rings is 1. The van der Waals surface area contributed by atoms with Crippen molar-refractivity contribution in [1.29, 1.82) is 0 Å². The van der Waals surface area contributed by atoms with E-state index in [2.05, 4.69) is 4.74 Å². The fraction of sp³-hybridized carbons (Fsp3) is 0.533. The second kappa shape index (κ2) is 7.26. The predicted octanol–water partition coefficient (Wildman–Crippen LogP) is 1.25. The van der Waals surface area contributed by atoms with Crippen LogP contribution in [0, 0.1) is 6.92 Å². The van der Waals surface area contributed by atoms with E-state index in [0.717, 1.165) is 12.3 Å². The SMILES string of the molecule is COC(=O)CN1CCO[C@H](COc2cccc(C)c2)C1. The normalized spacial score (nSPS) is 19.6. The Kier molecular flexibility index (Phi) is 5.38. The second-order valence-electron chi connectivity index (χ2n) is 4.93. The van der Waals surface area contributed by atoms with Crippen molar-refractivity contribution < 1.29 is 19.0 Å². The van der Waals surface area contributed by atoms with Crippen molar-refractivity contribution in [3.63, 3.8) is 0 Å². The highest BCUT2D eigenvalue weighted by Crippen LogP contribution is 2.14. The first-order valence-corrected chi connectivity index (χ1v) is 6.77. The van der Waals surface area contributed by atoms with Crippen LogP contribution in [0.4, 0.5) is 0 Å². The van der Waals surface area contributed by atoms with E-state index >= 15 is 0 Å². The van der Waals surface area contributed by atoms with Gasteiger partial charge in [0.05, 0.1) is 20.3 Å². The molecule has 0 bridgehead atoms. The Balaban J connectivity index is 1.79. The molecule has 0 aliphatic carbocycles. The van der Waals surface area contributed by atoms with Gasteiger partial charge in [0.25, 0.3) is 0 Å². The number of hydrogen-bond acceptors (Lipinski definition) is 5. The molecule has 1 atom stereocenters. The average molecular weight is 279 g/mol. The molecule has 1 heterocycles. The van der Waals surface area contributed by atoms with Crippen molar-refractivity contribution in [2.75, 3.05) is 40.0 Å². The molecule has 0 unspecified atom stereocenters. The monoisotopic (exact) mass is 279 g/mol. The third-order valence-electron chi connectivity index (χ3n) is 3.23. The van der Waals surface area contributed by atoms with Crippen molar-refractivity contribution >= 4 is 5.97 Å². The summed E-state index contributed by atoms with van der Waals surface area (Å²) >= 11 is 0. The van der Waals surface area contributed by atoms with Crippen molar-refractivity contribution in [2.45, 2.75) is 13.0 Å². The number of esters is 1. The summed E-state index contributed by atoms with van der Waals surface area (Å²) in [6.07, 6.45) is -0.0195. The van der Waals surface area contributed by atoms with Gasteiger partial charge in [0.2, 0.25) is 0 Å². The largest absolute Gasteiger partial charge is 0.491 e. The van der Waals surface area contributed by atoms with E-state index in [1.165, 1.54) is 12.7 Å². The Labute approximate surface area is 119 Å². The number of methoxy groups -OCH3 is 1. The lowest BCUT2D eigenvalue weighted by Crippen LogP contribution is -2.46. The van der Waals surface area contributed by atoms with Crippen LogP contribution in [0.2, 0.25) is 0 Å². The molecular formula is C15H21NO4. The molecule has 1 aliphatic rings. The lowest BCUT2D eigenvalue weighted by Gasteiger charge is -2.31. The Morgan fingerprint density at radius 1 is 1.50 bits per heavy atom. The van der Waals surface area contributed by atoms with Crippen molar-refractivity contribution in [3.05, 3.63) is 29.8 Å². The molecule has 0 aromatic heterocycles. The lowest BCUT2D eigenvalue weighted by molar-refractivity contribution is -0.144. The van der Waals surface area contributed by atoms with E-state index in [-0.39, 0.29) is 12.1 Å². The molecule has 0 N–H and O–H groups in total. The highest BCUT2D eigenvalue weighted by Gasteiger charge is 2.22. The highest BCUT2D eigenvalue weighted by molar-refractivity contribution is 5.71. The van der Waals surface area contributed by atoms with E-state index in [1.54, 1.807) is 0 Å². The summed E-state index contributed by atoms with van der Waals surface area (Å²) in [5, 5.41) is 0. The second-order valence-corrected chi connectivity index (χ2v) is 4.93. The van der Waals surface area contributed by atoms with E-state index in [9.17, 15) is 4.79 Å². The van der Waals surface area contributed by atoms with Crippen LogP contribution in [0.1, 0.15) is 5.56 Å². The van der Waals surface area contributed by atoms with Crippen molar-refractivity contribution in [1.82, 2.24) is 4.90 Å². The van der Waals surface area contributed by atoms with Crippen molar-refractivity contribution in [2.24, 2.45) is 0 Å². The molecule has 1 fully saturated rings. The van der Waals surface area contributed by atoms with Gasteiger partial charge in [0, 0.05) is 13.1 Å². The molecular weight excluding hydrogens is 258 g/mol. The van der Waals surface area contributed by atoms with Crippen LogP contribution in [-0.4, -0.2) is 56.9 Å². The molecule has 1 saturated heterocycles. The summed E-state index contributed by atoms with van der Waals surface area (Å²) in [5.41, 5.74) is 1.17. The van der Waals surface area contributed by atoms with E-state index < -0.39 is 0 Å². The third-order valence-corrected chi connectivity index (χ3v) is 3.23. The first-order chi connectivity index (χ1) is 9.67. The van der Waals surface area contributed by atoms with Crippen LogP contribution in [0.15, 0.2) is 24.3 Å². The minimum Gasteiger partial charge on any atom is -0.491 e. The van der Waals surface area contributed by atoms with Crippen LogP contribution >= 0.6 is 0 Å². The summed E-state index contributed by atoms with van der Waals surface area (Å²) < 4.78 is 16.1. The van der Waals surface area contributed by atoms with Crippen LogP contribution in [0.3, 0.4) is 0 Å². The van der Waals surface area contributed by atoms with Gasteiger partial charge in [0.1, 0.15) is 18.5 Å². The Hall–Kier alpha value is -1.59. The van der Waals surface area contributed by atoms with Gasteiger partial charge in [-0.05, 0) is 24.6 Å². The highest BCUT2D eigenvalue weighted by atomic mass is 16.5. The maximum atomic E-state index is 11.3. The van der Waals surface area contributed by atoms with Gasteiger partial charge in [0.15, 0.2) is 0 Å². The number of aryl methyl sites for hydroxylation is 1. The van der Waals surface area contributed by atoms with Gasteiger partial charge in [-0.25, -0.2) is 0 Å². The molecule has 2 rings (SSSR count). The van der Waals surface area contributed by atoms with E-state index in [1.807, 2.05) is 36.1 Å². The number of nitrogens with zero attached hydrogens (tertiary/aromatic N) is 1. The molecule has 1 aromatic rings. The number of hydrogen-bond donors (Lipinski definition) is 0. The van der Waals surface area contributed by atoms with Gasteiger partial charge < -0.3 is 14.2 Å². The summed E-state index contributed by atoms with van der Waals surface area (Å²) in [6, 6.07) is 7.93. The standard InChI is InChI=1S/C15H21NO4/c1-12-4-3-5-13(8-12)20-11-14-9-16(6-7-19-14)10-15(17)18-2/h3-5,8,14H,6-7,9-11H2,1-2H3/t14-/m0/s1. The summed E-state index contributed by atoms with van der Waals surface area (Å²) in [5.74, 6) is 0.629. The van der Waals surface area contributed by atoms with Crippen LogP contribution in [0.25, 0.3) is 0 Å². The van der Waals surface area contributed by atoms with Gasteiger partial charge >= 0.3 is 5.97 Å². The minimum absolute atomic E-state index is 0.0195. The van der Waals surface area contributed by atoms with Crippen LogP contribution < -0.4 is 4.74 Å². The zero-order chi connectivity index (χ0) is 14.4. The smallest absolute Gasteiger partial charge is 0.319 e. The minimum atomic E-state index is -0.217. The lowest BCUT2D eigenvalue weighted by atomic mass is 10.2. The van der Waals surface area contributed by atoms with Gasteiger partial charge in [-0.15, -0.1) is 0 Å². The molecule has 20 heavy (non-hydrogen) atoms.